The van der Waals surface area contributed by atoms with Crippen molar-refractivity contribution in [1.29, 1.82) is 0 Å². The molecule has 0 saturated carbocycles. The van der Waals surface area contributed by atoms with Crippen LogP contribution in [0.2, 0.25) is 0 Å². The molecule has 1 fully saturated rings. The molecule has 30 heavy (non-hydrogen) atoms. The SMILES string of the molecule is COCCNC(=O)c1ccc2nnc(C3CN(Cc4ccccn4)CCN3C)n2c1. The lowest BCUT2D eigenvalue weighted by atomic mass is 10.1. The van der Waals surface area contributed by atoms with Crippen molar-refractivity contribution in [3.05, 3.63) is 59.8 Å². The average Bonchev–Trinajstić information content (AvgIpc) is 3.19. The fourth-order valence-corrected chi connectivity index (χ4v) is 3.71. The molecule has 1 aliphatic rings. The van der Waals surface area contributed by atoms with E-state index in [1.165, 1.54) is 0 Å². The molecule has 4 heterocycles. The summed E-state index contributed by atoms with van der Waals surface area (Å²) in [7, 11) is 3.71. The Kier molecular flexibility index (Phi) is 6.32. The third-order valence-corrected chi connectivity index (χ3v) is 5.42. The van der Waals surface area contributed by atoms with Gasteiger partial charge in [-0.2, -0.15) is 0 Å². The maximum Gasteiger partial charge on any atom is 0.252 e. The Balaban J connectivity index is 1.54. The minimum absolute atomic E-state index is 0.0734. The molecule has 1 atom stereocenters. The van der Waals surface area contributed by atoms with Crippen LogP contribution in [0.15, 0.2) is 42.7 Å². The highest BCUT2D eigenvalue weighted by molar-refractivity contribution is 5.94. The molecule has 4 rings (SSSR count). The molecule has 9 nitrogen and oxygen atoms in total. The zero-order valence-corrected chi connectivity index (χ0v) is 17.4. The summed E-state index contributed by atoms with van der Waals surface area (Å²) >= 11 is 0. The second kappa shape index (κ2) is 9.29. The normalized spacial score (nSPS) is 18.0. The van der Waals surface area contributed by atoms with Crippen LogP contribution in [0.4, 0.5) is 0 Å². The second-order valence-corrected chi connectivity index (χ2v) is 7.51. The van der Waals surface area contributed by atoms with E-state index in [9.17, 15) is 4.79 Å². The number of hydrogen-bond donors (Lipinski definition) is 1. The number of aromatic nitrogens is 4. The van der Waals surface area contributed by atoms with Gasteiger partial charge in [0.25, 0.3) is 5.91 Å². The number of piperazine rings is 1. The molecule has 1 amide bonds. The molecular weight excluding hydrogens is 382 g/mol. The summed E-state index contributed by atoms with van der Waals surface area (Å²) in [6.45, 7) is 4.45. The maximum atomic E-state index is 12.4. The third-order valence-electron chi connectivity index (χ3n) is 5.42. The van der Waals surface area contributed by atoms with E-state index in [-0.39, 0.29) is 11.9 Å². The van der Waals surface area contributed by atoms with E-state index in [0.29, 0.717) is 18.7 Å². The van der Waals surface area contributed by atoms with Gasteiger partial charge in [-0.05, 0) is 31.3 Å². The predicted molar refractivity (Wildman–Crippen MR) is 112 cm³/mol. The highest BCUT2D eigenvalue weighted by Crippen LogP contribution is 2.24. The van der Waals surface area contributed by atoms with Gasteiger partial charge in [-0.25, -0.2) is 0 Å². The zero-order chi connectivity index (χ0) is 20.9. The first kappa shape index (κ1) is 20.4. The number of methoxy groups -OCH3 is 1. The molecule has 0 bridgehead atoms. The van der Waals surface area contributed by atoms with Crippen LogP contribution in [0.25, 0.3) is 5.65 Å². The lowest BCUT2D eigenvalue weighted by molar-refractivity contribution is 0.0844. The fraction of sp³-hybridized carbons (Fsp3) is 0.429. The topological polar surface area (TPSA) is 87.9 Å². The van der Waals surface area contributed by atoms with Gasteiger partial charge >= 0.3 is 0 Å². The summed E-state index contributed by atoms with van der Waals surface area (Å²) in [6, 6.07) is 9.67. The van der Waals surface area contributed by atoms with Crippen LogP contribution < -0.4 is 5.32 Å². The lowest BCUT2D eigenvalue weighted by Gasteiger charge is -2.38. The van der Waals surface area contributed by atoms with Crippen molar-refractivity contribution in [2.75, 3.05) is 46.9 Å². The van der Waals surface area contributed by atoms with Crippen molar-refractivity contribution in [1.82, 2.24) is 34.7 Å². The zero-order valence-electron chi connectivity index (χ0n) is 17.4. The Morgan fingerprint density at radius 3 is 2.93 bits per heavy atom. The molecular formula is C21H27N7O2. The van der Waals surface area contributed by atoms with Crippen LogP contribution in [0.5, 0.6) is 0 Å². The van der Waals surface area contributed by atoms with Gasteiger partial charge in [-0.3, -0.25) is 24.0 Å². The van der Waals surface area contributed by atoms with Gasteiger partial charge in [-0.15, -0.1) is 10.2 Å². The van der Waals surface area contributed by atoms with Gasteiger partial charge in [0.1, 0.15) is 0 Å². The van der Waals surface area contributed by atoms with E-state index < -0.39 is 0 Å². The summed E-state index contributed by atoms with van der Waals surface area (Å²) in [5.41, 5.74) is 2.36. The van der Waals surface area contributed by atoms with E-state index in [4.69, 9.17) is 4.74 Å². The van der Waals surface area contributed by atoms with Crippen LogP contribution in [0.1, 0.15) is 27.9 Å². The van der Waals surface area contributed by atoms with Crippen molar-refractivity contribution in [3.63, 3.8) is 0 Å². The summed E-state index contributed by atoms with van der Waals surface area (Å²) in [5, 5.41) is 11.6. The predicted octanol–water partition coefficient (Wildman–Crippen LogP) is 0.989. The van der Waals surface area contributed by atoms with Crippen LogP contribution >= 0.6 is 0 Å². The van der Waals surface area contributed by atoms with Gasteiger partial charge in [0.15, 0.2) is 11.5 Å². The number of rotatable bonds is 7. The molecule has 0 aromatic carbocycles. The lowest BCUT2D eigenvalue weighted by Crippen LogP contribution is -2.46. The van der Waals surface area contributed by atoms with E-state index in [1.807, 2.05) is 41.1 Å². The molecule has 9 heteroatoms. The average molecular weight is 409 g/mol. The van der Waals surface area contributed by atoms with Gasteiger partial charge in [0.2, 0.25) is 0 Å². The number of amides is 1. The first-order chi connectivity index (χ1) is 14.7. The highest BCUT2D eigenvalue weighted by atomic mass is 16.5. The Labute approximate surface area is 175 Å². The van der Waals surface area contributed by atoms with Gasteiger partial charge in [-0.1, -0.05) is 6.07 Å². The quantitative estimate of drug-likeness (QED) is 0.582. The molecule has 0 aliphatic carbocycles. The van der Waals surface area contributed by atoms with Gasteiger partial charge in [0.05, 0.1) is 23.9 Å². The van der Waals surface area contributed by atoms with Crippen molar-refractivity contribution < 1.29 is 9.53 Å². The number of nitrogens with one attached hydrogen (secondary N) is 1. The van der Waals surface area contributed by atoms with Gasteiger partial charge < -0.3 is 10.1 Å². The number of fused-ring (bicyclic) bond motifs is 1. The van der Waals surface area contributed by atoms with Crippen LogP contribution in [-0.4, -0.2) is 82.2 Å². The van der Waals surface area contributed by atoms with Gasteiger partial charge in [0, 0.05) is 52.2 Å². The standard InChI is InChI=1S/C21H27N7O2/c1-26-10-11-27(14-17-5-3-4-8-22-17)15-18(26)20-25-24-19-7-6-16(13-28(19)20)21(29)23-9-12-30-2/h3-8,13,18H,9-12,14-15H2,1-2H3,(H,23,29). The van der Waals surface area contributed by atoms with E-state index in [0.717, 1.165) is 43.3 Å². The minimum atomic E-state index is -0.137. The summed E-state index contributed by atoms with van der Waals surface area (Å²) in [6.07, 6.45) is 3.65. The molecule has 1 aliphatic heterocycles. The minimum Gasteiger partial charge on any atom is -0.383 e. The van der Waals surface area contributed by atoms with Crippen LogP contribution in [0.3, 0.4) is 0 Å². The largest absolute Gasteiger partial charge is 0.383 e. The summed E-state index contributed by atoms with van der Waals surface area (Å²) < 4.78 is 6.92. The van der Waals surface area contributed by atoms with Crippen molar-refractivity contribution in [3.8, 4) is 0 Å². The molecule has 0 spiro atoms. The molecule has 3 aromatic rings. The summed E-state index contributed by atoms with van der Waals surface area (Å²) in [4.78, 5) is 21.6. The highest BCUT2D eigenvalue weighted by Gasteiger charge is 2.29. The van der Waals surface area contributed by atoms with Crippen molar-refractivity contribution in [2.24, 2.45) is 0 Å². The van der Waals surface area contributed by atoms with Crippen molar-refractivity contribution in [2.45, 2.75) is 12.6 Å². The number of carbonyl (C=O) groups is 1. The first-order valence-corrected chi connectivity index (χ1v) is 10.1. The molecule has 3 aromatic heterocycles. The Morgan fingerprint density at radius 1 is 1.23 bits per heavy atom. The number of pyridine rings is 2. The number of carbonyl (C=O) groups excluding carboxylic acids is 1. The Morgan fingerprint density at radius 2 is 2.13 bits per heavy atom. The number of ether oxygens (including phenoxy) is 1. The third kappa shape index (κ3) is 4.48. The fourth-order valence-electron chi connectivity index (χ4n) is 3.71. The first-order valence-electron chi connectivity index (χ1n) is 10.1. The van der Waals surface area contributed by atoms with E-state index >= 15 is 0 Å². The number of hydrogen-bond acceptors (Lipinski definition) is 7. The van der Waals surface area contributed by atoms with E-state index in [1.54, 1.807) is 13.2 Å². The molecule has 1 unspecified atom stereocenters. The summed E-state index contributed by atoms with van der Waals surface area (Å²) in [5.74, 6) is 0.701. The van der Waals surface area contributed by atoms with Crippen LogP contribution in [-0.2, 0) is 11.3 Å². The van der Waals surface area contributed by atoms with E-state index in [2.05, 4.69) is 37.3 Å². The monoisotopic (exact) mass is 409 g/mol. The Bertz CT molecular complexity index is 991. The molecule has 1 saturated heterocycles. The molecule has 1 N–H and O–H groups in total. The second-order valence-electron chi connectivity index (χ2n) is 7.51. The Hall–Kier alpha value is -2.88. The smallest absolute Gasteiger partial charge is 0.252 e. The molecule has 0 radical (unpaired) electrons. The number of likely N-dealkylation sites (N-methyl/N-ethyl adjacent to an activating group) is 1. The van der Waals surface area contributed by atoms with Crippen molar-refractivity contribution >= 4 is 11.6 Å². The number of nitrogens with zero attached hydrogens (tertiary/aromatic N) is 6. The maximum absolute atomic E-state index is 12.4. The van der Waals surface area contributed by atoms with Crippen LogP contribution in [0, 0.1) is 0 Å². The molecule has 158 valence electrons.